The summed E-state index contributed by atoms with van der Waals surface area (Å²) in [7, 11) is 1.58. The molecule has 0 spiro atoms. The van der Waals surface area contributed by atoms with Gasteiger partial charge in [-0.3, -0.25) is 0 Å². The van der Waals surface area contributed by atoms with Gasteiger partial charge in [0.2, 0.25) is 0 Å². The lowest BCUT2D eigenvalue weighted by Crippen LogP contribution is -2.17. The highest BCUT2D eigenvalue weighted by atomic mass is 35.5. The fraction of sp³-hybridized carbons (Fsp3) is 0.217. The first-order valence-corrected chi connectivity index (χ1v) is 9.62. The summed E-state index contributed by atoms with van der Waals surface area (Å²) in [6.07, 6.45) is 0.783. The molecular formula is C23H23Cl2F2NO2. The van der Waals surface area contributed by atoms with Gasteiger partial charge in [0.1, 0.15) is 18.2 Å². The van der Waals surface area contributed by atoms with Crippen molar-refractivity contribution in [2.45, 2.75) is 19.6 Å². The summed E-state index contributed by atoms with van der Waals surface area (Å²) < 4.78 is 37.6. The van der Waals surface area contributed by atoms with Crippen LogP contribution in [0.3, 0.4) is 0 Å². The van der Waals surface area contributed by atoms with Gasteiger partial charge in [-0.25, -0.2) is 8.78 Å². The Bertz CT molecular complexity index is 952. The average molecular weight is 454 g/mol. The minimum absolute atomic E-state index is 0. The van der Waals surface area contributed by atoms with Crippen LogP contribution in [0.15, 0.2) is 60.7 Å². The molecule has 7 heteroatoms. The number of benzene rings is 3. The molecule has 0 heterocycles. The van der Waals surface area contributed by atoms with E-state index < -0.39 is 0 Å². The van der Waals surface area contributed by atoms with Crippen LogP contribution in [0.25, 0.3) is 0 Å². The van der Waals surface area contributed by atoms with Crippen molar-refractivity contribution in [1.29, 1.82) is 0 Å². The van der Waals surface area contributed by atoms with E-state index in [4.69, 9.17) is 21.1 Å². The number of hydrogen-bond donors (Lipinski definition) is 1. The van der Waals surface area contributed by atoms with E-state index in [9.17, 15) is 8.78 Å². The standard InChI is InChI=1S/C23H22ClF2NO2.ClH/c1-28-22-4-2-3-17(14-27-12-11-16-5-8-19(25)9-6-16)23(22)29-15-18-7-10-20(26)13-21(18)24;/h2-10,13,27H,11-12,14-15H2,1H3;1H. The number of rotatable bonds is 9. The van der Waals surface area contributed by atoms with Crippen LogP contribution in [0.5, 0.6) is 11.5 Å². The minimum atomic E-state index is -0.387. The van der Waals surface area contributed by atoms with Gasteiger partial charge in [0.15, 0.2) is 11.5 Å². The van der Waals surface area contributed by atoms with Crippen molar-refractivity contribution in [2.24, 2.45) is 0 Å². The fourth-order valence-electron chi connectivity index (χ4n) is 2.92. The van der Waals surface area contributed by atoms with Crippen molar-refractivity contribution in [3.05, 3.63) is 94.0 Å². The molecule has 3 aromatic rings. The predicted molar refractivity (Wildman–Crippen MR) is 118 cm³/mol. The summed E-state index contributed by atoms with van der Waals surface area (Å²) in [5.74, 6) is 0.606. The summed E-state index contributed by atoms with van der Waals surface area (Å²) in [5, 5.41) is 3.69. The van der Waals surface area contributed by atoms with Crippen LogP contribution in [0.2, 0.25) is 5.02 Å². The highest BCUT2D eigenvalue weighted by Crippen LogP contribution is 2.32. The second kappa shape index (κ2) is 11.7. The number of nitrogens with one attached hydrogen (secondary N) is 1. The molecular weight excluding hydrogens is 431 g/mol. The molecule has 0 aliphatic rings. The molecule has 30 heavy (non-hydrogen) atoms. The minimum Gasteiger partial charge on any atom is -0.493 e. The third-order valence-electron chi connectivity index (χ3n) is 4.49. The Balaban J connectivity index is 0.00000320. The Morgan fingerprint density at radius 1 is 0.933 bits per heavy atom. The van der Waals surface area contributed by atoms with Crippen LogP contribution in [-0.4, -0.2) is 13.7 Å². The second-order valence-electron chi connectivity index (χ2n) is 6.53. The molecule has 0 aromatic heterocycles. The lowest BCUT2D eigenvalue weighted by molar-refractivity contribution is 0.280. The molecule has 3 nitrogen and oxygen atoms in total. The fourth-order valence-corrected chi connectivity index (χ4v) is 3.14. The maximum atomic E-state index is 13.2. The Morgan fingerprint density at radius 2 is 1.67 bits per heavy atom. The summed E-state index contributed by atoms with van der Waals surface area (Å²) >= 11 is 6.09. The van der Waals surface area contributed by atoms with Gasteiger partial charge in [0.25, 0.3) is 0 Å². The smallest absolute Gasteiger partial charge is 0.166 e. The van der Waals surface area contributed by atoms with Crippen molar-refractivity contribution < 1.29 is 18.3 Å². The molecule has 0 saturated heterocycles. The zero-order valence-corrected chi connectivity index (χ0v) is 18.0. The molecule has 3 rings (SSSR count). The number of hydrogen-bond acceptors (Lipinski definition) is 3. The van der Waals surface area contributed by atoms with E-state index in [2.05, 4.69) is 5.32 Å². The SMILES string of the molecule is COc1cccc(CNCCc2ccc(F)cc2)c1OCc1ccc(F)cc1Cl.Cl. The van der Waals surface area contributed by atoms with Gasteiger partial charge in [-0.05, 0) is 48.9 Å². The molecule has 160 valence electrons. The highest BCUT2D eigenvalue weighted by Gasteiger charge is 2.12. The third-order valence-corrected chi connectivity index (χ3v) is 4.84. The van der Waals surface area contributed by atoms with Crippen molar-refractivity contribution in [1.82, 2.24) is 5.32 Å². The van der Waals surface area contributed by atoms with E-state index in [1.165, 1.54) is 24.3 Å². The van der Waals surface area contributed by atoms with Crippen LogP contribution in [0.1, 0.15) is 16.7 Å². The van der Waals surface area contributed by atoms with Gasteiger partial charge < -0.3 is 14.8 Å². The zero-order valence-electron chi connectivity index (χ0n) is 16.5. The van der Waals surface area contributed by atoms with Gasteiger partial charge >= 0.3 is 0 Å². The topological polar surface area (TPSA) is 30.5 Å². The highest BCUT2D eigenvalue weighted by molar-refractivity contribution is 6.31. The molecule has 0 aliphatic heterocycles. The largest absolute Gasteiger partial charge is 0.493 e. The van der Waals surface area contributed by atoms with Gasteiger partial charge in [0, 0.05) is 17.7 Å². The Hall–Kier alpha value is -2.34. The Morgan fingerprint density at radius 3 is 2.37 bits per heavy atom. The van der Waals surface area contributed by atoms with Gasteiger partial charge in [-0.2, -0.15) is 0 Å². The molecule has 0 aliphatic carbocycles. The monoisotopic (exact) mass is 453 g/mol. The van der Waals surface area contributed by atoms with E-state index in [0.29, 0.717) is 28.6 Å². The second-order valence-corrected chi connectivity index (χ2v) is 6.93. The van der Waals surface area contributed by atoms with E-state index in [0.717, 1.165) is 24.1 Å². The van der Waals surface area contributed by atoms with Crippen LogP contribution < -0.4 is 14.8 Å². The normalized spacial score (nSPS) is 10.4. The lowest BCUT2D eigenvalue weighted by atomic mass is 10.1. The van der Waals surface area contributed by atoms with Crippen molar-refractivity contribution in [3.63, 3.8) is 0 Å². The molecule has 1 N–H and O–H groups in total. The number of halogens is 4. The molecule has 0 saturated carbocycles. The molecule has 0 radical (unpaired) electrons. The summed E-state index contributed by atoms with van der Waals surface area (Å²) in [4.78, 5) is 0. The first kappa shape index (κ1) is 23.9. The first-order chi connectivity index (χ1) is 14.1. The summed E-state index contributed by atoms with van der Waals surface area (Å²) in [6.45, 7) is 1.50. The van der Waals surface area contributed by atoms with Crippen LogP contribution in [0, 0.1) is 11.6 Å². The summed E-state index contributed by atoms with van der Waals surface area (Å²) in [5.41, 5.74) is 2.68. The quantitative estimate of drug-likeness (QED) is 0.405. The van der Waals surface area contributed by atoms with E-state index in [-0.39, 0.29) is 30.6 Å². The van der Waals surface area contributed by atoms with Gasteiger partial charge in [-0.15, -0.1) is 12.4 Å². The van der Waals surface area contributed by atoms with Gasteiger partial charge in [0.05, 0.1) is 12.1 Å². The molecule has 0 atom stereocenters. The van der Waals surface area contributed by atoms with Crippen molar-refractivity contribution in [3.8, 4) is 11.5 Å². The maximum Gasteiger partial charge on any atom is 0.166 e. The number of methoxy groups -OCH3 is 1. The summed E-state index contributed by atoms with van der Waals surface area (Å²) in [6, 6.07) is 16.4. The molecule has 3 aromatic carbocycles. The molecule has 0 amide bonds. The predicted octanol–water partition coefficient (Wildman–Crippen LogP) is 5.96. The molecule has 0 unspecified atom stereocenters. The van der Waals surface area contributed by atoms with E-state index in [1.54, 1.807) is 25.3 Å². The maximum absolute atomic E-state index is 13.2. The van der Waals surface area contributed by atoms with Gasteiger partial charge in [-0.1, -0.05) is 41.9 Å². The van der Waals surface area contributed by atoms with E-state index in [1.807, 2.05) is 18.2 Å². The van der Waals surface area contributed by atoms with Crippen molar-refractivity contribution >= 4 is 24.0 Å². The lowest BCUT2D eigenvalue weighted by Gasteiger charge is -2.16. The first-order valence-electron chi connectivity index (χ1n) is 9.24. The molecule has 0 bridgehead atoms. The van der Waals surface area contributed by atoms with Crippen LogP contribution in [-0.2, 0) is 19.6 Å². The van der Waals surface area contributed by atoms with Crippen LogP contribution in [0.4, 0.5) is 8.78 Å². The average Bonchev–Trinajstić information content (AvgIpc) is 2.72. The Labute approximate surface area is 186 Å². The number of ether oxygens (including phenoxy) is 2. The third kappa shape index (κ3) is 6.59. The zero-order chi connectivity index (χ0) is 20.6. The Kier molecular flexibility index (Phi) is 9.37. The number of para-hydroxylation sites is 1. The van der Waals surface area contributed by atoms with Crippen molar-refractivity contribution in [2.75, 3.05) is 13.7 Å². The van der Waals surface area contributed by atoms with E-state index >= 15 is 0 Å². The van der Waals surface area contributed by atoms with Crippen LogP contribution >= 0.6 is 24.0 Å². The molecule has 0 fully saturated rings.